The lowest BCUT2D eigenvalue weighted by Gasteiger charge is -2.24. The van der Waals surface area contributed by atoms with Crippen molar-refractivity contribution in [2.24, 2.45) is 0 Å². The van der Waals surface area contributed by atoms with Crippen molar-refractivity contribution in [3.63, 3.8) is 0 Å². The van der Waals surface area contributed by atoms with Crippen molar-refractivity contribution in [1.29, 1.82) is 0 Å². The molecule has 0 saturated carbocycles. The van der Waals surface area contributed by atoms with Gasteiger partial charge in [-0.15, -0.1) is 0 Å². The third-order valence-electron chi connectivity index (χ3n) is 3.28. The number of halogens is 2. The molecule has 0 aliphatic heterocycles. The normalized spacial score (nSPS) is 13.9. The minimum absolute atomic E-state index is 0.383. The summed E-state index contributed by atoms with van der Waals surface area (Å²) in [6.45, 7) is 2.44. The molecule has 0 bridgehead atoms. The number of hydrogen-bond donors (Lipinski definition) is 1. The van der Waals surface area contributed by atoms with Gasteiger partial charge in [-0.1, -0.05) is 65.7 Å². The van der Waals surface area contributed by atoms with Crippen molar-refractivity contribution >= 4 is 23.2 Å². The highest BCUT2D eigenvalue weighted by molar-refractivity contribution is 6.42. The van der Waals surface area contributed by atoms with Crippen LogP contribution in [-0.2, 0) is 11.2 Å². The first kappa shape index (κ1) is 16.3. The molecule has 21 heavy (non-hydrogen) atoms. The zero-order chi connectivity index (χ0) is 15.2. The molecule has 2 aromatic rings. The second-order valence-corrected chi connectivity index (χ2v) is 5.56. The SMILES string of the molecule is CCOC(c1ccccc1)C(O)Cc1cccc(Cl)c1Cl. The van der Waals surface area contributed by atoms with Gasteiger partial charge in [0.05, 0.1) is 16.1 Å². The summed E-state index contributed by atoms with van der Waals surface area (Å²) in [5.41, 5.74) is 1.77. The number of hydrogen-bond acceptors (Lipinski definition) is 2. The molecule has 0 heterocycles. The third kappa shape index (κ3) is 4.21. The number of rotatable bonds is 6. The second-order valence-electron chi connectivity index (χ2n) is 4.77. The first-order valence-electron chi connectivity index (χ1n) is 6.91. The van der Waals surface area contributed by atoms with Gasteiger partial charge < -0.3 is 9.84 Å². The van der Waals surface area contributed by atoms with Gasteiger partial charge in [0.1, 0.15) is 6.10 Å². The van der Waals surface area contributed by atoms with Crippen LogP contribution in [-0.4, -0.2) is 17.8 Å². The van der Waals surface area contributed by atoms with Gasteiger partial charge in [-0.2, -0.15) is 0 Å². The van der Waals surface area contributed by atoms with Crippen molar-refractivity contribution in [2.45, 2.75) is 25.6 Å². The zero-order valence-electron chi connectivity index (χ0n) is 11.8. The van der Waals surface area contributed by atoms with E-state index in [9.17, 15) is 5.11 Å². The highest BCUT2D eigenvalue weighted by Gasteiger charge is 2.22. The van der Waals surface area contributed by atoms with E-state index in [2.05, 4.69) is 0 Å². The molecule has 4 heteroatoms. The van der Waals surface area contributed by atoms with Crippen LogP contribution in [0.2, 0.25) is 10.0 Å². The fourth-order valence-electron chi connectivity index (χ4n) is 2.29. The van der Waals surface area contributed by atoms with Gasteiger partial charge in [0.2, 0.25) is 0 Å². The van der Waals surface area contributed by atoms with Gasteiger partial charge in [0.15, 0.2) is 0 Å². The summed E-state index contributed by atoms with van der Waals surface area (Å²) in [7, 11) is 0. The van der Waals surface area contributed by atoms with E-state index >= 15 is 0 Å². The molecule has 0 aromatic heterocycles. The monoisotopic (exact) mass is 324 g/mol. The number of ether oxygens (including phenoxy) is 1. The Hall–Kier alpha value is -1.06. The Bertz CT molecular complexity index is 572. The molecule has 2 unspecified atom stereocenters. The Balaban J connectivity index is 2.19. The molecule has 0 amide bonds. The first-order valence-corrected chi connectivity index (χ1v) is 7.66. The third-order valence-corrected chi connectivity index (χ3v) is 4.14. The minimum atomic E-state index is -0.691. The molecular weight excluding hydrogens is 307 g/mol. The summed E-state index contributed by atoms with van der Waals surface area (Å²) in [4.78, 5) is 0. The molecule has 0 aliphatic rings. The Kier molecular flexibility index (Phi) is 6.07. The van der Waals surface area contributed by atoms with Crippen LogP contribution >= 0.6 is 23.2 Å². The van der Waals surface area contributed by atoms with Gasteiger partial charge in [-0.3, -0.25) is 0 Å². The molecule has 0 saturated heterocycles. The van der Waals surface area contributed by atoms with Crippen LogP contribution in [0.5, 0.6) is 0 Å². The van der Waals surface area contributed by atoms with E-state index in [0.717, 1.165) is 11.1 Å². The Morgan fingerprint density at radius 2 is 1.76 bits per heavy atom. The first-order chi connectivity index (χ1) is 10.1. The topological polar surface area (TPSA) is 29.5 Å². The van der Waals surface area contributed by atoms with Crippen molar-refractivity contribution in [2.75, 3.05) is 6.61 Å². The van der Waals surface area contributed by atoms with E-state index < -0.39 is 6.10 Å². The van der Waals surface area contributed by atoms with E-state index in [1.54, 1.807) is 6.07 Å². The maximum Gasteiger partial charge on any atom is 0.109 e. The lowest BCUT2D eigenvalue weighted by Crippen LogP contribution is -2.24. The Morgan fingerprint density at radius 1 is 1.05 bits per heavy atom. The fourth-order valence-corrected chi connectivity index (χ4v) is 2.69. The van der Waals surface area contributed by atoms with E-state index in [4.69, 9.17) is 27.9 Å². The van der Waals surface area contributed by atoms with Gasteiger partial charge in [-0.05, 0) is 24.1 Å². The number of benzene rings is 2. The van der Waals surface area contributed by atoms with E-state index in [1.165, 1.54) is 0 Å². The van der Waals surface area contributed by atoms with Crippen molar-refractivity contribution in [3.05, 3.63) is 69.7 Å². The van der Waals surface area contributed by atoms with Crippen LogP contribution in [0.15, 0.2) is 48.5 Å². The van der Waals surface area contributed by atoms with Gasteiger partial charge >= 0.3 is 0 Å². The van der Waals surface area contributed by atoms with E-state index in [0.29, 0.717) is 23.1 Å². The van der Waals surface area contributed by atoms with Gasteiger partial charge in [-0.25, -0.2) is 0 Å². The molecule has 2 rings (SSSR count). The molecule has 2 atom stereocenters. The summed E-state index contributed by atoms with van der Waals surface area (Å²) in [6.07, 6.45) is -0.687. The zero-order valence-corrected chi connectivity index (χ0v) is 13.3. The Labute approximate surface area is 135 Å². The lowest BCUT2D eigenvalue weighted by molar-refractivity contribution is -0.0339. The average molecular weight is 325 g/mol. The molecule has 1 N–H and O–H groups in total. The molecular formula is C17H18Cl2O2. The van der Waals surface area contributed by atoms with Crippen LogP contribution in [0.25, 0.3) is 0 Å². The largest absolute Gasteiger partial charge is 0.390 e. The molecule has 2 aromatic carbocycles. The second kappa shape index (κ2) is 7.81. The molecule has 2 nitrogen and oxygen atoms in total. The summed E-state index contributed by atoms with van der Waals surface area (Å²) >= 11 is 12.2. The highest BCUT2D eigenvalue weighted by atomic mass is 35.5. The smallest absolute Gasteiger partial charge is 0.109 e. The van der Waals surface area contributed by atoms with Crippen LogP contribution in [0.3, 0.4) is 0 Å². The number of aliphatic hydroxyl groups excluding tert-OH is 1. The fraction of sp³-hybridized carbons (Fsp3) is 0.294. The lowest BCUT2D eigenvalue weighted by atomic mass is 9.98. The van der Waals surface area contributed by atoms with Crippen LogP contribution in [0, 0.1) is 0 Å². The average Bonchev–Trinajstić information content (AvgIpc) is 2.50. The summed E-state index contributed by atoms with van der Waals surface area (Å²) < 4.78 is 5.71. The quantitative estimate of drug-likeness (QED) is 0.836. The molecule has 0 aliphatic carbocycles. The van der Waals surface area contributed by atoms with Crippen LogP contribution in [0.1, 0.15) is 24.2 Å². The summed E-state index contributed by atoms with van der Waals surface area (Å²) in [5, 5.41) is 11.5. The Morgan fingerprint density at radius 3 is 2.43 bits per heavy atom. The summed E-state index contributed by atoms with van der Waals surface area (Å²) in [6, 6.07) is 15.1. The maximum absolute atomic E-state index is 10.5. The van der Waals surface area contributed by atoms with Crippen LogP contribution in [0.4, 0.5) is 0 Å². The molecule has 0 fully saturated rings. The molecule has 0 spiro atoms. The van der Waals surface area contributed by atoms with Crippen molar-refractivity contribution in [3.8, 4) is 0 Å². The predicted molar refractivity (Wildman–Crippen MR) is 87.0 cm³/mol. The molecule has 0 radical (unpaired) electrons. The maximum atomic E-state index is 10.5. The van der Waals surface area contributed by atoms with Crippen LogP contribution < -0.4 is 0 Å². The minimum Gasteiger partial charge on any atom is -0.390 e. The van der Waals surface area contributed by atoms with Gasteiger partial charge in [0.25, 0.3) is 0 Å². The highest BCUT2D eigenvalue weighted by Crippen LogP contribution is 2.29. The standard InChI is InChI=1S/C17H18Cl2O2/c1-2-21-17(12-7-4-3-5-8-12)15(20)11-13-9-6-10-14(18)16(13)19/h3-10,15,17,20H,2,11H2,1H3. The van der Waals surface area contributed by atoms with Crippen molar-refractivity contribution in [1.82, 2.24) is 0 Å². The van der Waals surface area contributed by atoms with Crippen molar-refractivity contribution < 1.29 is 9.84 Å². The van der Waals surface area contributed by atoms with E-state index in [-0.39, 0.29) is 6.10 Å². The van der Waals surface area contributed by atoms with Gasteiger partial charge in [0, 0.05) is 13.0 Å². The molecule has 112 valence electrons. The summed E-state index contributed by atoms with van der Waals surface area (Å²) in [5.74, 6) is 0. The number of aliphatic hydroxyl groups is 1. The predicted octanol–water partition coefficient (Wildman–Crippen LogP) is 4.67. The van der Waals surface area contributed by atoms with E-state index in [1.807, 2.05) is 49.4 Å².